The van der Waals surface area contributed by atoms with Crippen LogP contribution in [-0.2, 0) is 7.05 Å². The number of aryl methyl sites for hydroxylation is 2. The van der Waals surface area contributed by atoms with Crippen LogP contribution in [0.1, 0.15) is 15.2 Å². The molecular weight excluding hydrogens is 351 g/mol. The maximum absolute atomic E-state index is 13.4. The minimum absolute atomic E-state index is 0.0795. The molecule has 3 rings (SSSR count). The Labute approximate surface area is 143 Å². The fourth-order valence-corrected chi connectivity index (χ4v) is 3.38. The normalized spacial score (nSPS) is 10.8. The molecule has 2 heterocycles. The lowest BCUT2D eigenvalue weighted by Crippen LogP contribution is -2.17. The zero-order valence-corrected chi connectivity index (χ0v) is 13.9. The van der Waals surface area contributed by atoms with E-state index in [1.54, 1.807) is 14.0 Å². The largest absolute Gasteiger partial charge is 0.321 e. The Morgan fingerprint density at radius 1 is 1.44 bits per heavy atom. The third-order valence-corrected chi connectivity index (χ3v) is 4.82. The molecule has 0 atom stereocenters. The van der Waals surface area contributed by atoms with E-state index in [0.717, 1.165) is 23.5 Å². The molecule has 2 aromatic heterocycles. The van der Waals surface area contributed by atoms with Crippen LogP contribution in [0.3, 0.4) is 0 Å². The summed E-state index contributed by atoms with van der Waals surface area (Å²) in [4.78, 5) is 39.4. The second kappa shape index (κ2) is 6.06. The minimum Gasteiger partial charge on any atom is -0.321 e. The molecule has 0 bridgehead atoms. The monoisotopic (exact) mass is 362 g/mol. The molecule has 0 saturated carbocycles. The molecule has 0 aliphatic carbocycles. The number of nitrogens with zero attached hydrogens (tertiary/aromatic N) is 3. The third-order valence-electron chi connectivity index (χ3n) is 3.62. The van der Waals surface area contributed by atoms with E-state index in [-0.39, 0.29) is 16.1 Å². The number of amides is 1. The van der Waals surface area contributed by atoms with E-state index in [9.17, 15) is 24.1 Å². The lowest BCUT2D eigenvalue weighted by atomic mass is 10.2. The molecule has 1 N–H and O–H groups in total. The lowest BCUT2D eigenvalue weighted by molar-refractivity contribution is -0.387. The maximum atomic E-state index is 13.4. The first kappa shape index (κ1) is 16.7. The van der Waals surface area contributed by atoms with Gasteiger partial charge in [-0.1, -0.05) is 0 Å². The molecule has 0 saturated heterocycles. The van der Waals surface area contributed by atoms with Crippen molar-refractivity contribution >= 4 is 38.8 Å². The van der Waals surface area contributed by atoms with Gasteiger partial charge >= 0.3 is 5.69 Å². The summed E-state index contributed by atoms with van der Waals surface area (Å²) in [5.74, 6) is -1.54. The number of fused-ring (bicyclic) bond motifs is 1. The smallest absolute Gasteiger partial charge is 0.306 e. The second-order valence-electron chi connectivity index (χ2n) is 5.27. The highest BCUT2D eigenvalue weighted by Gasteiger charge is 2.20. The van der Waals surface area contributed by atoms with E-state index in [4.69, 9.17) is 0 Å². The van der Waals surface area contributed by atoms with E-state index in [1.165, 1.54) is 17.0 Å². The lowest BCUT2D eigenvalue weighted by Gasteiger charge is -2.04. The number of halogens is 1. The van der Waals surface area contributed by atoms with Gasteiger partial charge in [-0.15, -0.1) is 11.3 Å². The Hall–Kier alpha value is -3.14. The van der Waals surface area contributed by atoms with Crippen molar-refractivity contribution in [2.24, 2.45) is 7.05 Å². The summed E-state index contributed by atoms with van der Waals surface area (Å²) < 4.78 is 14.7. The zero-order valence-electron chi connectivity index (χ0n) is 13.1. The number of carbonyl (C=O) groups excluding carboxylic acids is 1. The summed E-state index contributed by atoms with van der Waals surface area (Å²) >= 11 is 1.04. The van der Waals surface area contributed by atoms with Gasteiger partial charge in [0.2, 0.25) is 5.82 Å². The molecule has 0 unspecified atom stereocenters. The zero-order chi connectivity index (χ0) is 18.3. The van der Waals surface area contributed by atoms with Crippen LogP contribution < -0.4 is 10.9 Å². The first-order chi connectivity index (χ1) is 11.8. The van der Waals surface area contributed by atoms with Crippen molar-refractivity contribution in [1.82, 2.24) is 9.55 Å². The molecule has 3 aromatic rings. The fraction of sp³-hybridized carbons (Fsp3) is 0.133. The molecule has 0 aliphatic heterocycles. The van der Waals surface area contributed by atoms with E-state index in [1.807, 2.05) is 0 Å². The number of nitro benzene ring substituents is 1. The third kappa shape index (κ3) is 2.87. The van der Waals surface area contributed by atoms with E-state index < -0.39 is 22.3 Å². The molecule has 0 radical (unpaired) electrons. The quantitative estimate of drug-likeness (QED) is 0.569. The summed E-state index contributed by atoms with van der Waals surface area (Å²) in [6.07, 6.45) is 1.37. The second-order valence-corrected chi connectivity index (χ2v) is 6.27. The summed E-state index contributed by atoms with van der Waals surface area (Å²) in [6, 6.07) is 3.07. The highest BCUT2D eigenvalue weighted by Crippen LogP contribution is 2.28. The van der Waals surface area contributed by atoms with Crippen molar-refractivity contribution in [3.63, 3.8) is 0 Å². The molecule has 0 aliphatic rings. The fourth-order valence-electron chi connectivity index (χ4n) is 2.34. The Morgan fingerprint density at radius 3 is 2.84 bits per heavy atom. The molecule has 25 heavy (non-hydrogen) atoms. The van der Waals surface area contributed by atoms with E-state index in [0.29, 0.717) is 15.8 Å². The van der Waals surface area contributed by atoms with Gasteiger partial charge in [-0.2, -0.15) is 4.39 Å². The van der Waals surface area contributed by atoms with Gasteiger partial charge in [0, 0.05) is 18.8 Å². The number of hydrogen-bond donors (Lipinski definition) is 1. The van der Waals surface area contributed by atoms with Gasteiger partial charge < -0.3 is 9.88 Å². The average Bonchev–Trinajstić information content (AvgIpc) is 2.90. The van der Waals surface area contributed by atoms with Crippen LogP contribution in [0.15, 0.2) is 29.3 Å². The van der Waals surface area contributed by atoms with Crippen LogP contribution in [-0.4, -0.2) is 20.4 Å². The highest BCUT2D eigenvalue weighted by molar-refractivity contribution is 7.20. The Bertz CT molecular complexity index is 1090. The van der Waals surface area contributed by atoms with Crippen molar-refractivity contribution in [1.29, 1.82) is 0 Å². The van der Waals surface area contributed by atoms with Crippen LogP contribution in [0.2, 0.25) is 0 Å². The predicted octanol–water partition coefficient (Wildman–Crippen LogP) is 2.60. The van der Waals surface area contributed by atoms with Gasteiger partial charge in [0.1, 0.15) is 4.83 Å². The van der Waals surface area contributed by atoms with Crippen molar-refractivity contribution in [2.75, 3.05) is 5.32 Å². The first-order valence-corrected chi connectivity index (χ1v) is 7.81. The minimum atomic E-state index is -0.992. The molecule has 1 aromatic carbocycles. The van der Waals surface area contributed by atoms with Crippen molar-refractivity contribution in [3.05, 3.63) is 61.3 Å². The Balaban J connectivity index is 2.00. The molecule has 128 valence electrons. The standard InChI is InChI=1S/C15H11FN4O4S/c1-7-11-14(17-6-19(2)15(11)22)25-12(7)13(21)18-8-3-4-9(16)10(5-8)20(23)24/h3-6H,1-2H3,(H,18,21). The molecular formula is C15H11FN4O4S. The maximum Gasteiger partial charge on any atom is 0.306 e. The van der Waals surface area contributed by atoms with Crippen LogP contribution in [0, 0.1) is 22.9 Å². The van der Waals surface area contributed by atoms with E-state index >= 15 is 0 Å². The Kier molecular flexibility index (Phi) is 4.05. The number of nitro groups is 1. The molecule has 1 amide bonds. The van der Waals surface area contributed by atoms with Crippen LogP contribution in [0.4, 0.5) is 15.8 Å². The van der Waals surface area contributed by atoms with Gasteiger partial charge in [-0.3, -0.25) is 19.7 Å². The first-order valence-electron chi connectivity index (χ1n) is 6.99. The summed E-state index contributed by atoms with van der Waals surface area (Å²) in [7, 11) is 1.56. The Morgan fingerprint density at radius 2 is 2.16 bits per heavy atom. The highest BCUT2D eigenvalue weighted by atomic mass is 32.1. The number of benzene rings is 1. The number of carbonyl (C=O) groups is 1. The average molecular weight is 362 g/mol. The van der Waals surface area contributed by atoms with Crippen molar-refractivity contribution < 1.29 is 14.1 Å². The van der Waals surface area contributed by atoms with E-state index in [2.05, 4.69) is 10.3 Å². The van der Waals surface area contributed by atoms with Crippen molar-refractivity contribution in [3.8, 4) is 0 Å². The molecule has 10 heteroatoms. The topological polar surface area (TPSA) is 107 Å². The number of hydrogen-bond acceptors (Lipinski definition) is 6. The molecule has 8 nitrogen and oxygen atoms in total. The van der Waals surface area contributed by atoms with Crippen molar-refractivity contribution in [2.45, 2.75) is 6.92 Å². The van der Waals surface area contributed by atoms with Crippen LogP contribution in [0.5, 0.6) is 0 Å². The number of thiophene rings is 1. The number of aromatic nitrogens is 2. The number of anilines is 1. The summed E-state index contributed by atoms with van der Waals surface area (Å²) in [6.45, 7) is 1.63. The van der Waals surface area contributed by atoms with Crippen LogP contribution >= 0.6 is 11.3 Å². The SMILES string of the molecule is Cc1c(C(=O)Nc2ccc(F)c([N+](=O)[O-])c2)sc2ncn(C)c(=O)c12. The van der Waals surface area contributed by atoms with Crippen LogP contribution in [0.25, 0.3) is 10.2 Å². The van der Waals surface area contributed by atoms with Gasteiger partial charge in [0.25, 0.3) is 11.5 Å². The summed E-state index contributed by atoms with van der Waals surface area (Å²) in [5.41, 5.74) is -0.449. The molecule has 0 spiro atoms. The number of rotatable bonds is 3. The van der Waals surface area contributed by atoms with Gasteiger partial charge in [0.05, 0.1) is 21.5 Å². The summed E-state index contributed by atoms with van der Waals surface area (Å²) in [5, 5.41) is 13.6. The molecule has 0 fully saturated rings. The van der Waals surface area contributed by atoms with Gasteiger partial charge in [-0.05, 0) is 24.6 Å². The van der Waals surface area contributed by atoms with Gasteiger partial charge in [-0.25, -0.2) is 4.98 Å². The number of nitrogens with one attached hydrogen (secondary N) is 1. The predicted molar refractivity (Wildman–Crippen MR) is 90.6 cm³/mol. The van der Waals surface area contributed by atoms with Gasteiger partial charge in [0.15, 0.2) is 0 Å².